The second-order valence-electron chi connectivity index (χ2n) is 9.95. The number of nitrogens with zero attached hydrogens (tertiary/aromatic N) is 6. The first-order valence-electron chi connectivity index (χ1n) is 13.8. The lowest BCUT2D eigenvalue weighted by atomic mass is 9.98. The molecule has 210 valence electrons. The Morgan fingerprint density at radius 1 is 0.318 bits per heavy atom. The van der Waals surface area contributed by atoms with Gasteiger partial charge in [0.1, 0.15) is 9.21 Å². The molecule has 44 heavy (non-hydrogen) atoms. The minimum absolute atomic E-state index is 0.755. The van der Waals surface area contributed by atoms with Crippen molar-refractivity contribution in [3.8, 4) is 67.8 Å². The van der Waals surface area contributed by atoms with Gasteiger partial charge in [0.2, 0.25) is 0 Å². The standard InChI is InChI=1S/C36H22Br2N6/c37-35-11-5-9-29(43-35)33-21-25(19-31(41-33)27-7-1-3-17-39-27)23-13-15-24(16-14-23)26-20-32(28-8-2-4-18-40-28)42-34(22-26)30-10-6-12-36(38)44-30/h1-22H. The second-order valence-corrected chi connectivity index (χ2v) is 11.6. The van der Waals surface area contributed by atoms with Crippen LogP contribution >= 0.6 is 31.9 Å². The van der Waals surface area contributed by atoms with E-state index in [1.165, 1.54) is 0 Å². The predicted molar refractivity (Wildman–Crippen MR) is 181 cm³/mol. The monoisotopic (exact) mass is 696 g/mol. The summed E-state index contributed by atoms with van der Waals surface area (Å²) in [4.78, 5) is 28.2. The molecule has 0 saturated carbocycles. The smallest absolute Gasteiger partial charge is 0.106 e. The van der Waals surface area contributed by atoms with Crippen LogP contribution in [0.15, 0.2) is 143 Å². The first-order chi connectivity index (χ1) is 21.6. The van der Waals surface area contributed by atoms with Crippen LogP contribution in [0.1, 0.15) is 0 Å². The minimum Gasteiger partial charge on any atom is -0.255 e. The van der Waals surface area contributed by atoms with Gasteiger partial charge in [-0.1, -0.05) is 48.5 Å². The topological polar surface area (TPSA) is 77.3 Å². The molecule has 7 rings (SSSR count). The third kappa shape index (κ3) is 6.08. The van der Waals surface area contributed by atoms with E-state index < -0.39 is 0 Å². The molecule has 8 heteroatoms. The third-order valence-corrected chi connectivity index (χ3v) is 7.90. The van der Waals surface area contributed by atoms with E-state index in [2.05, 4.69) is 100 Å². The lowest BCUT2D eigenvalue weighted by Gasteiger charge is -2.12. The molecule has 1 aromatic carbocycles. The van der Waals surface area contributed by atoms with Crippen LogP contribution in [0.2, 0.25) is 0 Å². The van der Waals surface area contributed by atoms with Crippen molar-refractivity contribution in [3.63, 3.8) is 0 Å². The number of hydrogen-bond donors (Lipinski definition) is 0. The first kappa shape index (κ1) is 27.9. The summed E-state index contributed by atoms with van der Waals surface area (Å²) in [6.45, 7) is 0. The Bertz CT molecular complexity index is 1930. The van der Waals surface area contributed by atoms with Gasteiger partial charge >= 0.3 is 0 Å². The molecule has 0 unspecified atom stereocenters. The summed E-state index contributed by atoms with van der Waals surface area (Å²) < 4.78 is 1.51. The predicted octanol–water partition coefficient (Wildman–Crippen LogP) is 9.58. The first-order valence-corrected chi connectivity index (χ1v) is 15.4. The van der Waals surface area contributed by atoms with E-state index in [0.29, 0.717) is 0 Å². The largest absolute Gasteiger partial charge is 0.255 e. The van der Waals surface area contributed by atoms with Gasteiger partial charge < -0.3 is 0 Å². The molecule has 0 amide bonds. The molecule has 0 aliphatic rings. The molecule has 6 heterocycles. The second kappa shape index (κ2) is 12.4. The zero-order valence-electron chi connectivity index (χ0n) is 23.1. The van der Waals surface area contributed by atoms with Gasteiger partial charge in [-0.15, -0.1) is 0 Å². The number of aromatic nitrogens is 6. The van der Waals surface area contributed by atoms with Crippen molar-refractivity contribution in [1.29, 1.82) is 0 Å². The number of benzene rings is 1. The van der Waals surface area contributed by atoms with E-state index in [1.54, 1.807) is 12.4 Å². The highest BCUT2D eigenvalue weighted by molar-refractivity contribution is 9.10. The van der Waals surface area contributed by atoms with Crippen LogP contribution in [0.3, 0.4) is 0 Å². The summed E-state index contributed by atoms with van der Waals surface area (Å²) >= 11 is 6.99. The summed E-state index contributed by atoms with van der Waals surface area (Å²) in [6.07, 6.45) is 3.56. The molecule has 0 spiro atoms. The van der Waals surface area contributed by atoms with Crippen molar-refractivity contribution < 1.29 is 0 Å². The molecule has 0 aliphatic carbocycles. The van der Waals surface area contributed by atoms with E-state index in [4.69, 9.17) is 9.97 Å². The van der Waals surface area contributed by atoms with Crippen LogP contribution in [-0.2, 0) is 0 Å². The van der Waals surface area contributed by atoms with Gasteiger partial charge in [-0.25, -0.2) is 19.9 Å². The van der Waals surface area contributed by atoms with Crippen LogP contribution in [-0.4, -0.2) is 29.9 Å². The molecule has 0 radical (unpaired) electrons. The number of rotatable bonds is 6. The average molecular weight is 698 g/mol. The highest BCUT2D eigenvalue weighted by Gasteiger charge is 2.13. The fraction of sp³-hybridized carbons (Fsp3) is 0. The van der Waals surface area contributed by atoms with E-state index in [9.17, 15) is 0 Å². The third-order valence-electron chi connectivity index (χ3n) is 7.01. The molecule has 0 aliphatic heterocycles. The highest BCUT2D eigenvalue weighted by Crippen LogP contribution is 2.33. The minimum atomic E-state index is 0.755. The van der Waals surface area contributed by atoms with Crippen molar-refractivity contribution >= 4 is 31.9 Å². The molecule has 0 bridgehead atoms. The quantitative estimate of drug-likeness (QED) is 0.161. The van der Waals surface area contributed by atoms with E-state index >= 15 is 0 Å². The fourth-order valence-electron chi connectivity index (χ4n) is 4.90. The fourth-order valence-corrected chi connectivity index (χ4v) is 5.59. The SMILES string of the molecule is Brc1cccc(-c2cc(-c3ccc(-c4cc(-c5ccccn5)nc(-c5cccc(Br)n5)c4)cc3)cc(-c3ccccn3)n2)n1. The highest BCUT2D eigenvalue weighted by atomic mass is 79.9. The Morgan fingerprint density at radius 2 is 0.705 bits per heavy atom. The summed E-state index contributed by atoms with van der Waals surface area (Å²) in [6, 6.07) is 40.1. The Labute approximate surface area is 271 Å². The lowest BCUT2D eigenvalue weighted by Crippen LogP contribution is -1.95. The maximum atomic E-state index is 4.92. The summed E-state index contributed by atoms with van der Waals surface area (Å²) in [7, 11) is 0. The molecule has 6 aromatic heterocycles. The molecule has 0 saturated heterocycles. The number of pyridine rings is 6. The normalized spacial score (nSPS) is 11.0. The van der Waals surface area contributed by atoms with Crippen molar-refractivity contribution in [2.75, 3.05) is 0 Å². The van der Waals surface area contributed by atoms with Gasteiger partial charge in [0.05, 0.1) is 45.6 Å². The van der Waals surface area contributed by atoms with Gasteiger partial charge in [-0.3, -0.25) is 9.97 Å². The van der Waals surface area contributed by atoms with Crippen LogP contribution in [0.25, 0.3) is 67.8 Å². The zero-order chi connectivity index (χ0) is 29.9. The lowest BCUT2D eigenvalue weighted by molar-refractivity contribution is 1.20. The molecule has 7 aromatic rings. The zero-order valence-corrected chi connectivity index (χ0v) is 26.3. The Balaban J connectivity index is 1.31. The van der Waals surface area contributed by atoms with Gasteiger partial charge in [-0.2, -0.15) is 0 Å². The maximum Gasteiger partial charge on any atom is 0.106 e. The Kier molecular flexibility index (Phi) is 7.83. The molecule has 0 atom stereocenters. The van der Waals surface area contributed by atoms with E-state index in [0.717, 1.165) is 77.0 Å². The average Bonchev–Trinajstić information content (AvgIpc) is 3.09. The van der Waals surface area contributed by atoms with Crippen molar-refractivity contribution in [1.82, 2.24) is 29.9 Å². The van der Waals surface area contributed by atoms with Gasteiger partial charge in [0.15, 0.2) is 0 Å². The summed E-state index contributed by atoms with van der Waals surface area (Å²) in [5.74, 6) is 0. The molecule has 6 nitrogen and oxygen atoms in total. The molecular weight excluding hydrogens is 676 g/mol. The van der Waals surface area contributed by atoms with Crippen LogP contribution in [0.4, 0.5) is 0 Å². The Hall–Kier alpha value is -4.92. The number of halogens is 2. The van der Waals surface area contributed by atoms with Crippen molar-refractivity contribution in [3.05, 3.63) is 143 Å². The van der Waals surface area contributed by atoms with Gasteiger partial charge in [0, 0.05) is 12.4 Å². The van der Waals surface area contributed by atoms with Crippen LogP contribution < -0.4 is 0 Å². The van der Waals surface area contributed by atoms with Crippen molar-refractivity contribution in [2.24, 2.45) is 0 Å². The number of hydrogen-bond acceptors (Lipinski definition) is 6. The van der Waals surface area contributed by atoms with Crippen molar-refractivity contribution in [2.45, 2.75) is 0 Å². The van der Waals surface area contributed by atoms with E-state index in [1.807, 2.05) is 72.8 Å². The Morgan fingerprint density at radius 3 is 1.07 bits per heavy atom. The summed E-state index contributed by atoms with van der Waals surface area (Å²) in [5.41, 5.74) is 10.4. The van der Waals surface area contributed by atoms with Crippen LogP contribution in [0, 0.1) is 0 Å². The van der Waals surface area contributed by atoms with Crippen LogP contribution in [0.5, 0.6) is 0 Å². The maximum absolute atomic E-state index is 4.92. The van der Waals surface area contributed by atoms with Gasteiger partial charge in [-0.05, 0) is 127 Å². The molecular formula is C36H22Br2N6. The molecule has 0 fully saturated rings. The molecule has 0 N–H and O–H groups in total. The van der Waals surface area contributed by atoms with E-state index in [-0.39, 0.29) is 0 Å². The van der Waals surface area contributed by atoms with Gasteiger partial charge in [0.25, 0.3) is 0 Å². The summed E-state index contributed by atoms with van der Waals surface area (Å²) in [5, 5.41) is 0.